The fourth-order valence-electron chi connectivity index (χ4n) is 3.50. The van der Waals surface area contributed by atoms with Crippen molar-refractivity contribution < 1.29 is 0 Å². The Labute approximate surface area is 124 Å². The molecule has 1 fully saturated rings. The number of allylic oxidation sites excluding steroid dienone is 2. The molecule has 19 heavy (non-hydrogen) atoms. The summed E-state index contributed by atoms with van der Waals surface area (Å²) < 4.78 is 0. The van der Waals surface area contributed by atoms with Gasteiger partial charge in [0.15, 0.2) is 5.15 Å². The monoisotopic (exact) mass is 296 g/mol. The van der Waals surface area contributed by atoms with E-state index < -0.39 is 0 Å². The van der Waals surface area contributed by atoms with Gasteiger partial charge in [0.2, 0.25) is 0 Å². The Morgan fingerprint density at radius 2 is 2.11 bits per heavy atom. The van der Waals surface area contributed by atoms with Gasteiger partial charge in [0.05, 0.1) is 5.69 Å². The van der Waals surface area contributed by atoms with E-state index in [1.165, 1.54) is 12.8 Å². The van der Waals surface area contributed by atoms with Crippen molar-refractivity contribution in [2.45, 2.75) is 32.7 Å². The maximum atomic E-state index is 6.19. The molecule has 2 nitrogen and oxygen atoms in total. The molecule has 2 aliphatic carbocycles. The molecule has 0 saturated heterocycles. The molecule has 0 radical (unpaired) electrons. The second kappa shape index (κ2) is 4.99. The Morgan fingerprint density at radius 1 is 1.32 bits per heavy atom. The molecule has 2 bridgehead atoms. The van der Waals surface area contributed by atoms with E-state index in [4.69, 9.17) is 23.2 Å². The van der Waals surface area contributed by atoms with Crippen LogP contribution >= 0.6 is 23.2 Å². The number of nitrogens with one attached hydrogen (secondary N) is 1. The fraction of sp³-hybridized carbons (Fsp3) is 0.533. The van der Waals surface area contributed by atoms with E-state index in [1.54, 1.807) is 0 Å². The van der Waals surface area contributed by atoms with E-state index in [2.05, 4.69) is 29.4 Å². The first-order chi connectivity index (χ1) is 9.04. The van der Waals surface area contributed by atoms with Crippen LogP contribution in [0.5, 0.6) is 0 Å². The zero-order valence-electron chi connectivity index (χ0n) is 11.2. The van der Waals surface area contributed by atoms with Crippen molar-refractivity contribution in [3.8, 4) is 0 Å². The summed E-state index contributed by atoms with van der Waals surface area (Å²) in [6, 6.07) is 2.25. The summed E-state index contributed by atoms with van der Waals surface area (Å²) in [6.07, 6.45) is 7.36. The van der Waals surface area contributed by atoms with E-state index in [1.807, 2.05) is 13.0 Å². The summed E-state index contributed by atoms with van der Waals surface area (Å²) in [7, 11) is 0. The zero-order chi connectivity index (χ0) is 13.6. The molecule has 0 amide bonds. The van der Waals surface area contributed by atoms with Gasteiger partial charge in [-0.3, -0.25) is 0 Å². The minimum Gasteiger partial charge on any atom is -0.380 e. The summed E-state index contributed by atoms with van der Waals surface area (Å²) in [4.78, 5) is 4.12. The van der Waals surface area contributed by atoms with Gasteiger partial charge < -0.3 is 5.32 Å². The number of anilines is 1. The average Bonchev–Trinajstić information content (AvgIpc) is 2.95. The van der Waals surface area contributed by atoms with Crippen LogP contribution in [-0.4, -0.2) is 11.0 Å². The van der Waals surface area contributed by atoms with Gasteiger partial charge in [-0.15, -0.1) is 0 Å². The topological polar surface area (TPSA) is 24.9 Å². The fourth-order valence-corrected chi connectivity index (χ4v) is 4.09. The molecule has 0 spiro atoms. The lowest BCUT2D eigenvalue weighted by molar-refractivity contribution is 0.399. The van der Waals surface area contributed by atoms with Gasteiger partial charge in [-0.2, -0.15) is 0 Å². The smallest absolute Gasteiger partial charge is 0.154 e. The molecule has 0 aromatic carbocycles. The number of aromatic nitrogens is 1. The lowest BCUT2D eigenvalue weighted by atomic mass is 9.87. The molecule has 1 heterocycles. The van der Waals surface area contributed by atoms with Crippen molar-refractivity contribution in [2.24, 2.45) is 17.8 Å². The van der Waals surface area contributed by atoms with E-state index in [-0.39, 0.29) is 0 Å². The second-order valence-corrected chi connectivity index (χ2v) is 6.55. The van der Waals surface area contributed by atoms with Crippen LogP contribution in [-0.2, 0) is 0 Å². The Hall–Kier alpha value is -0.730. The summed E-state index contributed by atoms with van der Waals surface area (Å²) in [5, 5.41) is 4.46. The van der Waals surface area contributed by atoms with Crippen molar-refractivity contribution >= 4 is 28.9 Å². The largest absolute Gasteiger partial charge is 0.380 e. The molecule has 4 heteroatoms. The lowest BCUT2D eigenvalue weighted by Crippen LogP contribution is -2.29. The standard InChI is InChI=1S/C15H18Cl2N2/c1-8-5-13(16)19-15(17)14(8)18-9(2)12-7-10-3-4-11(12)6-10/h3-5,9-12,18H,6-7H2,1-2H3. The van der Waals surface area contributed by atoms with Crippen LogP contribution in [0, 0.1) is 24.7 Å². The molecule has 1 aromatic rings. The van der Waals surface area contributed by atoms with Crippen LogP contribution in [0.1, 0.15) is 25.3 Å². The van der Waals surface area contributed by atoms with Crippen molar-refractivity contribution in [1.29, 1.82) is 0 Å². The van der Waals surface area contributed by atoms with Crippen molar-refractivity contribution in [3.63, 3.8) is 0 Å². The number of hydrogen-bond donors (Lipinski definition) is 1. The number of nitrogens with zero attached hydrogens (tertiary/aromatic N) is 1. The van der Waals surface area contributed by atoms with Crippen molar-refractivity contribution in [1.82, 2.24) is 4.98 Å². The van der Waals surface area contributed by atoms with Crippen molar-refractivity contribution in [2.75, 3.05) is 5.32 Å². The molecule has 4 unspecified atom stereocenters. The van der Waals surface area contributed by atoms with Crippen LogP contribution in [0.2, 0.25) is 10.3 Å². The Balaban J connectivity index is 1.77. The third-order valence-electron chi connectivity index (χ3n) is 4.49. The Kier molecular flexibility index (Phi) is 3.48. The quantitative estimate of drug-likeness (QED) is 0.645. The van der Waals surface area contributed by atoms with Gasteiger partial charge in [0, 0.05) is 6.04 Å². The number of hydrogen-bond acceptors (Lipinski definition) is 2. The molecule has 0 aliphatic heterocycles. The first kappa shape index (κ1) is 13.3. The highest BCUT2D eigenvalue weighted by atomic mass is 35.5. The van der Waals surface area contributed by atoms with Crippen molar-refractivity contribution in [3.05, 3.63) is 34.1 Å². The minimum absolute atomic E-state index is 0.402. The number of rotatable bonds is 3. The van der Waals surface area contributed by atoms with Crippen LogP contribution in [0.15, 0.2) is 18.2 Å². The summed E-state index contributed by atoms with van der Waals surface area (Å²) in [5.41, 5.74) is 1.97. The predicted octanol–water partition coefficient (Wildman–Crippen LogP) is 4.71. The van der Waals surface area contributed by atoms with Gasteiger partial charge in [0.1, 0.15) is 5.15 Å². The molecule has 2 aliphatic rings. The number of fused-ring (bicyclic) bond motifs is 2. The zero-order valence-corrected chi connectivity index (χ0v) is 12.7. The summed E-state index contributed by atoms with van der Waals surface area (Å²) in [6.45, 7) is 4.25. The van der Waals surface area contributed by atoms with Crippen LogP contribution in [0.25, 0.3) is 0 Å². The van der Waals surface area contributed by atoms with E-state index in [0.717, 1.165) is 23.1 Å². The normalized spacial score (nSPS) is 29.8. The van der Waals surface area contributed by atoms with E-state index in [0.29, 0.717) is 22.3 Å². The van der Waals surface area contributed by atoms with E-state index in [9.17, 15) is 0 Å². The molecule has 1 saturated carbocycles. The SMILES string of the molecule is Cc1cc(Cl)nc(Cl)c1NC(C)C1CC2C=CC1C2. The van der Waals surface area contributed by atoms with Gasteiger partial charge in [-0.05, 0) is 56.1 Å². The molecular weight excluding hydrogens is 279 g/mol. The maximum Gasteiger partial charge on any atom is 0.154 e. The molecule has 1 aromatic heterocycles. The summed E-state index contributed by atoms with van der Waals surface area (Å²) >= 11 is 12.1. The van der Waals surface area contributed by atoms with Crippen LogP contribution in [0.3, 0.4) is 0 Å². The molecule has 102 valence electrons. The van der Waals surface area contributed by atoms with E-state index >= 15 is 0 Å². The molecule has 3 rings (SSSR count). The third-order valence-corrected chi connectivity index (χ3v) is 4.95. The van der Waals surface area contributed by atoms with Gasteiger partial charge >= 0.3 is 0 Å². The van der Waals surface area contributed by atoms with Crippen LogP contribution in [0.4, 0.5) is 5.69 Å². The van der Waals surface area contributed by atoms with Gasteiger partial charge in [-0.25, -0.2) is 4.98 Å². The average molecular weight is 297 g/mol. The Morgan fingerprint density at radius 3 is 2.68 bits per heavy atom. The highest BCUT2D eigenvalue weighted by Crippen LogP contribution is 2.45. The molecule has 1 N–H and O–H groups in total. The number of pyridine rings is 1. The molecule has 4 atom stereocenters. The first-order valence-corrected chi connectivity index (χ1v) is 7.57. The summed E-state index contributed by atoms with van der Waals surface area (Å²) in [5.74, 6) is 2.21. The van der Waals surface area contributed by atoms with Gasteiger partial charge in [-0.1, -0.05) is 35.4 Å². The second-order valence-electron chi connectivity index (χ2n) is 5.80. The first-order valence-electron chi connectivity index (χ1n) is 6.82. The number of halogens is 2. The Bertz CT molecular complexity index is 504. The molecular formula is C15H18Cl2N2. The lowest BCUT2D eigenvalue weighted by Gasteiger charge is -2.28. The predicted molar refractivity (Wildman–Crippen MR) is 80.9 cm³/mol. The maximum absolute atomic E-state index is 6.19. The number of aryl methyl sites for hydroxylation is 1. The highest BCUT2D eigenvalue weighted by Gasteiger charge is 2.38. The highest BCUT2D eigenvalue weighted by molar-refractivity contribution is 6.34. The van der Waals surface area contributed by atoms with Crippen LogP contribution < -0.4 is 5.32 Å². The third kappa shape index (κ3) is 2.48. The van der Waals surface area contributed by atoms with Gasteiger partial charge in [0.25, 0.3) is 0 Å². The minimum atomic E-state index is 0.402.